The quantitative estimate of drug-likeness (QED) is 0.736. The fourth-order valence-corrected chi connectivity index (χ4v) is 5.03. The minimum absolute atomic E-state index is 0.0540. The minimum atomic E-state index is -3.50. The molecular formula is C21H27FN2O3S. The van der Waals surface area contributed by atoms with E-state index in [1.807, 2.05) is 13.0 Å². The van der Waals surface area contributed by atoms with E-state index >= 15 is 0 Å². The van der Waals surface area contributed by atoms with Gasteiger partial charge < -0.3 is 14.5 Å². The maximum Gasteiger partial charge on any atom is 0.182 e. The van der Waals surface area contributed by atoms with Gasteiger partial charge >= 0.3 is 0 Å². The Morgan fingerprint density at radius 3 is 2.29 bits per heavy atom. The first-order chi connectivity index (χ1) is 13.4. The molecule has 3 rings (SSSR count). The van der Waals surface area contributed by atoms with Crippen molar-refractivity contribution in [3.05, 3.63) is 42.2 Å². The van der Waals surface area contributed by atoms with Crippen molar-refractivity contribution in [3.8, 4) is 16.9 Å². The van der Waals surface area contributed by atoms with Crippen molar-refractivity contribution >= 4 is 15.5 Å². The lowest BCUT2D eigenvalue weighted by atomic mass is 10.0. The Hall–Kier alpha value is -2.12. The van der Waals surface area contributed by atoms with Gasteiger partial charge in [0, 0.05) is 37.4 Å². The van der Waals surface area contributed by atoms with Crippen molar-refractivity contribution in [2.45, 2.75) is 18.2 Å². The third-order valence-electron chi connectivity index (χ3n) is 5.08. The van der Waals surface area contributed by atoms with Crippen LogP contribution in [-0.2, 0) is 9.84 Å². The van der Waals surface area contributed by atoms with Crippen molar-refractivity contribution in [1.82, 2.24) is 4.90 Å². The predicted octanol–water partition coefficient (Wildman–Crippen LogP) is 3.44. The van der Waals surface area contributed by atoms with Gasteiger partial charge in [0.2, 0.25) is 0 Å². The molecule has 0 spiro atoms. The monoisotopic (exact) mass is 406 g/mol. The number of piperazine rings is 1. The number of halogens is 1. The molecule has 1 heterocycles. The lowest BCUT2D eigenvalue weighted by Crippen LogP contribution is -2.44. The summed E-state index contributed by atoms with van der Waals surface area (Å²) in [6.45, 7) is 5.30. The summed E-state index contributed by atoms with van der Waals surface area (Å²) in [5.41, 5.74) is 2.23. The molecule has 0 unspecified atom stereocenters. The minimum Gasteiger partial charge on any atom is -0.495 e. The summed E-state index contributed by atoms with van der Waals surface area (Å²) in [5, 5.41) is 0. The van der Waals surface area contributed by atoms with Gasteiger partial charge in [-0.1, -0.05) is 19.1 Å². The molecule has 28 heavy (non-hydrogen) atoms. The second-order valence-electron chi connectivity index (χ2n) is 7.14. The third-order valence-corrected chi connectivity index (χ3v) is 6.99. The average molecular weight is 407 g/mol. The average Bonchev–Trinajstić information content (AvgIpc) is 2.68. The van der Waals surface area contributed by atoms with Crippen LogP contribution in [0.4, 0.5) is 10.1 Å². The number of methoxy groups -OCH3 is 1. The number of nitrogens with zero attached hydrogens (tertiary/aromatic N) is 2. The van der Waals surface area contributed by atoms with Crippen LogP contribution in [0, 0.1) is 5.82 Å². The molecule has 0 amide bonds. The van der Waals surface area contributed by atoms with Crippen molar-refractivity contribution in [3.63, 3.8) is 0 Å². The van der Waals surface area contributed by atoms with Crippen molar-refractivity contribution in [1.29, 1.82) is 0 Å². The molecule has 0 bridgehead atoms. The van der Waals surface area contributed by atoms with E-state index in [1.54, 1.807) is 18.2 Å². The number of anilines is 1. The molecule has 0 radical (unpaired) electrons. The summed E-state index contributed by atoms with van der Waals surface area (Å²) in [6.07, 6.45) is 0.524. The molecule has 0 aliphatic carbocycles. The Morgan fingerprint density at radius 1 is 1.07 bits per heavy atom. The van der Waals surface area contributed by atoms with E-state index < -0.39 is 9.84 Å². The van der Waals surface area contributed by atoms with Crippen LogP contribution >= 0.6 is 0 Å². The normalized spacial score (nSPS) is 15.6. The number of hydrogen-bond acceptors (Lipinski definition) is 5. The first kappa shape index (κ1) is 20.6. The van der Waals surface area contributed by atoms with Crippen LogP contribution in [0.1, 0.15) is 13.3 Å². The van der Waals surface area contributed by atoms with Crippen LogP contribution in [-0.4, -0.2) is 59.4 Å². The number of hydrogen-bond donors (Lipinski definition) is 0. The number of likely N-dealkylation sites (N-methyl/N-ethyl adjacent to an activating group) is 1. The van der Waals surface area contributed by atoms with Crippen LogP contribution in [0.25, 0.3) is 11.1 Å². The van der Waals surface area contributed by atoms with Gasteiger partial charge in [-0.25, -0.2) is 12.8 Å². The molecular weight excluding hydrogens is 379 g/mol. The van der Waals surface area contributed by atoms with Crippen LogP contribution in [0.15, 0.2) is 41.3 Å². The Bertz CT molecular complexity index is 921. The Balaban J connectivity index is 2.18. The van der Waals surface area contributed by atoms with Crippen LogP contribution in [0.5, 0.6) is 5.75 Å². The lowest BCUT2D eigenvalue weighted by molar-refractivity contribution is 0.312. The molecule has 7 heteroatoms. The highest BCUT2D eigenvalue weighted by Gasteiger charge is 2.25. The van der Waals surface area contributed by atoms with E-state index in [-0.39, 0.29) is 16.5 Å². The molecule has 152 valence electrons. The van der Waals surface area contributed by atoms with Crippen molar-refractivity contribution < 1.29 is 17.5 Å². The molecule has 5 nitrogen and oxygen atoms in total. The molecule has 1 aliphatic heterocycles. The van der Waals surface area contributed by atoms with E-state index in [9.17, 15) is 12.8 Å². The highest BCUT2D eigenvalue weighted by atomic mass is 32.2. The van der Waals surface area contributed by atoms with E-state index in [0.717, 1.165) is 37.4 Å². The lowest BCUT2D eigenvalue weighted by Gasteiger charge is -2.34. The molecule has 1 saturated heterocycles. The summed E-state index contributed by atoms with van der Waals surface area (Å²) in [7, 11) is 0.0510. The molecule has 1 fully saturated rings. The SMILES string of the molecule is CCCS(=O)(=O)c1cc(N2CCN(C)CC2)cc(-c2ccc(F)cc2)c1OC. The van der Waals surface area contributed by atoms with Gasteiger partial charge in [0.25, 0.3) is 0 Å². The van der Waals surface area contributed by atoms with E-state index in [4.69, 9.17) is 4.74 Å². The largest absolute Gasteiger partial charge is 0.495 e. The Morgan fingerprint density at radius 2 is 1.71 bits per heavy atom. The van der Waals surface area contributed by atoms with Crippen molar-refractivity contribution in [2.24, 2.45) is 0 Å². The van der Waals surface area contributed by atoms with Crippen LogP contribution in [0.2, 0.25) is 0 Å². The zero-order valence-corrected chi connectivity index (χ0v) is 17.4. The second-order valence-corrected chi connectivity index (χ2v) is 9.22. The number of benzene rings is 2. The Kier molecular flexibility index (Phi) is 6.25. The van der Waals surface area contributed by atoms with Gasteiger partial charge in [-0.05, 0) is 43.3 Å². The molecule has 0 aromatic heterocycles. The molecule has 2 aromatic carbocycles. The summed E-state index contributed by atoms with van der Waals surface area (Å²) < 4.78 is 44.9. The summed E-state index contributed by atoms with van der Waals surface area (Å²) in [4.78, 5) is 4.64. The van der Waals surface area contributed by atoms with Gasteiger partial charge in [-0.15, -0.1) is 0 Å². The van der Waals surface area contributed by atoms with Gasteiger partial charge in [0.15, 0.2) is 9.84 Å². The van der Waals surface area contributed by atoms with Crippen LogP contribution in [0.3, 0.4) is 0 Å². The van der Waals surface area contributed by atoms with E-state index in [2.05, 4.69) is 16.8 Å². The fourth-order valence-electron chi connectivity index (χ4n) is 3.50. The number of sulfone groups is 1. The summed E-state index contributed by atoms with van der Waals surface area (Å²) >= 11 is 0. The topological polar surface area (TPSA) is 49.9 Å². The van der Waals surface area contributed by atoms with Crippen LogP contribution < -0.4 is 9.64 Å². The zero-order valence-electron chi connectivity index (χ0n) is 16.6. The van der Waals surface area contributed by atoms with Gasteiger partial charge in [0.1, 0.15) is 16.5 Å². The van der Waals surface area contributed by atoms with Gasteiger partial charge in [-0.3, -0.25) is 0 Å². The third kappa shape index (κ3) is 4.31. The molecule has 0 saturated carbocycles. The van der Waals surface area contributed by atoms with E-state index in [0.29, 0.717) is 17.7 Å². The summed E-state index contributed by atoms with van der Waals surface area (Å²) in [5.74, 6) is 0.0352. The highest BCUT2D eigenvalue weighted by molar-refractivity contribution is 7.91. The van der Waals surface area contributed by atoms with Crippen molar-refractivity contribution in [2.75, 3.05) is 51.0 Å². The molecule has 2 aromatic rings. The van der Waals surface area contributed by atoms with E-state index in [1.165, 1.54) is 19.2 Å². The first-order valence-corrected chi connectivity index (χ1v) is 11.1. The molecule has 0 N–H and O–H groups in total. The smallest absolute Gasteiger partial charge is 0.182 e. The van der Waals surface area contributed by atoms with Gasteiger partial charge in [0.05, 0.1) is 12.9 Å². The zero-order chi connectivity index (χ0) is 20.3. The first-order valence-electron chi connectivity index (χ1n) is 9.50. The summed E-state index contributed by atoms with van der Waals surface area (Å²) in [6, 6.07) is 9.72. The molecule has 1 aliphatic rings. The van der Waals surface area contributed by atoms with Gasteiger partial charge in [-0.2, -0.15) is 0 Å². The molecule has 0 atom stereocenters. The number of ether oxygens (including phenoxy) is 1. The standard InChI is InChI=1S/C21H27FN2O3S/c1-4-13-28(25,26)20-15-18(24-11-9-23(2)10-12-24)14-19(21(20)27-3)16-5-7-17(22)8-6-16/h5-8,14-15H,4,9-13H2,1-3H3. The Labute approximate surface area is 166 Å². The predicted molar refractivity (Wildman–Crippen MR) is 110 cm³/mol. The second kappa shape index (κ2) is 8.49. The maximum atomic E-state index is 13.4. The highest BCUT2D eigenvalue weighted by Crippen LogP contribution is 2.40. The number of rotatable bonds is 6. The maximum absolute atomic E-state index is 13.4. The fraction of sp³-hybridized carbons (Fsp3) is 0.429.